The van der Waals surface area contributed by atoms with E-state index in [4.69, 9.17) is 16.9 Å². The van der Waals surface area contributed by atoms with Crippen LogP contribution < -0.4 is 10.6 Å². The number of rotatable bonds is 2. The maximum Gasteiger partial charge on any atom is 0.244 e. The van der Waals surface area contributed by atoms with Gasteiger partial charge in [0.1, 0.15) is 6.07 Å². The molecule has 1 fully saturated rings. The van der Waals surface area contributed by atoms with Crippen molar-refractivity contribution in [1.82, 2.24) is 5.32 Å². The zero-order chi connectivity index (χ0) is 13.2. The SMILES string of the molecule is CC1(C(=O)Nc2cc(Cl)ccc2C#N)CCCN1. The first-order valence-corrected chi connectivity index (χ1v) is 6.19. The van der Waals surface area contributed by atoms with Gasteiger partial charge < -0.3 is 10.6 Å². The van der Waals surface area contributed by atoms with Gasteiger partial charge in [-0.15, -0.1) is 0 Å². The van der Waals surface area contributed by atoms with E-state index in [1.165, 1.54) is 0 Å². The van der Waals surface area contributed by atoms with Crippen molar-refractivity contribution >= 4 is 23.2 Å². The van der Waals surface area contributed by atoms with Gasteiger partial charge in [0.15, 0.2) is 0 Å². The van der Waals surface area contributed by atoms with E-state index < -0.39 is 5.54 Å². The third-order valence-corrected chi connectivity index (χ3v) is 3.46. The molecular weight excluding hydrogens is 250 g/mol. The van der Waals surface area contributed by atoms with E-state index >= 15 is 0 Å². The van der Waals surface area contributed by atoms with Gasteiger partial charge in [-0.25, -0.2) is 0 Å². The number of amides is 1. The quantitative estimate of drug-likeness (QED) is 0.860. The van der Waals surface area contributed by atoms with Crippen molar-refractivity contribution in [3.8, 4) is 6.07 Å². The van der Waals surface area contributed by atoms with Crippen LogP contribution in [0.2, 0.25) is 5.02 Å². The van der Waals surface area contributed by atoms with E-state index in [9.17, 15) is 4.79 Å². The fourth-order valence-corrected chi connectivity index (χ4v) is 2.24. The molecule has 1 aliphatic rings. The van der Waals surface area contributed by atoms with Gasteiger partial charge in [0.2, 0.25) is 5.91 Å². The average Bonchev–Trinajstić information content (AvgIpc) is 2.78. The van der Waals surface area contributed by atoms with E-state index in [0.717, 1.165) is 19.4 Å². The molecule has 1 heterocycles. The van der Waals surface area contributed by atoms with Crippen LogP contribution in [-0.2, 0) is 4.79 Å². The van der Waals surface area contributed by atoms with E-state index in [2.05, 4.69) is 10.6 Å². The number of halogens is 1. The van der Waals surface area contributed by atoms with Crippen molar-refractivity contribution in [1.29, 1.82) is 5.26 Å². The molecule has 0 aliphatic carbocycles. The van der Waals surface area contributed by atoms with Gasteiger partial charge in [-0.3, -0.25) is 4.79 Å². The third-order valence-electron chi connectivity index (χ3n) is 3.22. The minimum atomic E-state index is -0.560. The molecule has 1 aliphatic heterocycles. The molecule has 0 bridgehead atoms. The summed E-state index contributed by atoms with van der Waals surface area (Å²) in [6.45, 7) is 2.70. The summed E-state index contributed by atoms with van der Waals surface area (Å²) < 4.78 is 0. The van der Waals surface area contributed by atoms with E-state index in [1.54, 1.807) is 18.2 Å². The van der Waals surface area contributed by atoms with Gasteiger partial charge in [0.05, 0.1) is 16.8 Å². The zero-order valence-electron chi connectivity index (χ0n) is 10.1. The highest BCUT2D eigenvalue weighted by Crippen LogP contribution is 2.24. The number of hydrogen-bond acceptors (Lipinski definition) is 3. The molecule has 18 heavy (non-hydrogen) atoms. The first-order chi connectivity index (χ1) is 8.55. The lowest BCUT2D eigenvalue weighted by atomic mass is 9.99. The minimum absolute atomic E-state index is 0.126. The number of carbonyl (C=O) groups is 1. The minimum Gasteiger partial charge on any atom is -0.323 e. The second kappa shape index (κ2) is 4.97. The molecule has 2 N–H and O–H groups in total. The van der Waals surface area contributed by atoms with Crippen LogP contribution in [0.4, 0.5) is 5.69 Å². The molecule has 0 spiro atoms. The number of hydrogen-bond donors (Lipinski definition) is 2. The van der Waals surface area contributed by atoms with Crippen LogP contribution in [0.5, 0.6) is 0 Å². The number of carbonyl (C=O) groups excluding carboxylic acids is 1. The number of nitriles is 1. The Morgan fingerprint density at radius 1 is 1.61 bits per heavy atom. The first-order valence-electron chi connectivity index (χ1n) is 5.81. The molecule has 2 rings (SSSR count). The Bertz CT molecular complexity index is 515. The van der Waals surface area contributed by atoms with E-state index in [0.29, 0.717) is 16.3 Å². The maximum absolute atomic E-state index is 12.2. The van der Waals surface area contributed by atoms with Crippen molar-refractivity contribution in [3.63, 3.8) is 0 Å². The second-order valence-corrected chi connectivity index (χ2v) is 5.05. The molecule has 1 aromatic carbocycles. The molecule has 1 amide bonds. The molecule has 1 saturated heterocycles. The Kier molecular flexibility index (Phi) is 3.55. The molecule has 4 nitrogen and oxygen atoms in total. The summed E-state index contributed by atoms with van der Waals surface area (Å²) >= 11 is 5.88. The van der Waals surface area contributed by atoms with Gasteiger partial charge in [-0.2, -0.15) is 5.26 Å². The van der Waals surface area contributed by atoms with Gasteiger partial charge in [0, 0.05) is 5.02 Å². The van der Waals surface area contributed by atoms with Gasteiger partial charge in [-0.1, -0.05) is 11.6 Å². The summed E-state index contributed by atoms with van der Waals surface area (Å²) in [5.41, 5.74) is 0.314. The van der Waals surface area contributed by atoms with Crippen LogP contribution in [0, 0.1) is 11.3 Å². The second-order valence-electron chi connectivity index (χ2n) is 4.62. The lowest BCUT2D eigenvalue weighted by Gasteiger charge is -2.23. The summed E-state index contributed by atoms with van der Waals surface area (Å²) in [4.78, 5) is 12.2. The maximum atomic E-state index is 12.2. The summed E-state index contributed by atoms with van der Waals surface area (Å²) in [5.74, 6) is -0.126. The molecular formula is C13H14ClN3O. The van der Waals surface area contributed by atoms with Crippen molar-refractivity contribution in [3.05, 3.63) is 28.8 Å². The van der Waals surface area contributed by atoms with Crippen molar-refractivity contribution in [2.24, 2.45) is 0 Å². The molecule has 1 unspecified atom stereocenters. The standard InChI is InChI=1S/C13H14ClN3O/c1-13(5-2-6-16-13)12(18)17-11-7-10(14)4-3-9(11)8-15/h3-4,7,16H,2,5-6H2,1H3,(H,17,18). The molecule has 1 aromatic rings. The summed E-state index contributed by atoms with van der Waals surface area (Å²) in [7, 11) is 0. The molecule has 0 aromatic heterocycles. The highest BCUT2D eigenvalue weighted by molar-refractivity contribution is 6.31. The van der Waals surface area contributed by atoms with Crippen molar-refractivity contribution < 1.29 is 4.79 Å². The fourth-order valence-electron chi connectivity index (χ4n) is 2.07. The highest BCUT2D eigenvalue weighted by Gasteiger charge is 2.36. The molecule has 1 atom stereocenters. The molecule has 5 heteroatoms. The van der Waals surface area contributed by atoms with Gasteiger partial charge in [0.25, 0.3) is 0 Å². The highest BCUT2D eigenvalue weighted by atomic mass is 35.5. The monoisotopic (exact) mass is 263 g/mol. The topological polar surface area (TPSA) is 64.9 Å². The Morgan fingerprint density at radius 3 is 3.00 bits per heavy atom. The Labute approximate surface area is 111 Å². The third kappa shape index (κ3) is 2.47. The van der Waals surface area contributed by atoms with Crippen molar-refractivity contribution in [2.45, 2.75) is 25.3 Å². The van der Waals surface area contributed by atoms with E-state index in [1.807, 2.05) is 13.0 Å². The van der Waals surface area contributed by atoms with Crippen LogP contribution in [0.15, 0.2) is 18.2 Å². The number of anilines is 1. The Balaban J connectivity index is 2.21. The van der Waals surface area contributed by atoms with Gasteiger partial charge in [-0.05, 0) is 44.5 Å². The number of nitrogens with zero attached hydrogens (tertiary/aromatic N) is 1. The molecule has 0 saturated carbocycles. The fraction of sp³-hybridized carbons (Fsp3) is 0.385. The van der Waals surface area contributed by atoms with Crippen LogP contribution >= 0.6 is 11.6 Å². The van der Waals surface area contributed by atoms with Crippen LogP contribution in [0.3, 0.4) is 0 Å². The van der Waals surface area contributed by atoms with Crippen LogP contribution in [0.25, 0.3) is 0 Å². The lowest BCUT2D eigenvalue weighted by Crippen LogP contribution is -2.48. The van der Waals surface area contributed by atoms with Crippen LogP contribution in [-0.4, -0.2) is 18.0 Å². The van der Waals surface area contributed by atoms with Gasteiger partial charge >= 0.3 is 0 Å². The average molecular weight is 264 g/mol. The normalized spacial score (nSPS) is 22.5. The lowest BCUT2D eigenvalue weighted by molar-refractivity contribution is -0.121. The first kappa shape index (κ1) is 12.9. The molecule has 0 radical (unpaired) electrons. The Hall–Kier alpha value is -1.57. The molecule has 94 valence electrons. The predicted octanol–water partition coefficient (Wildman–Crippen LogP) is 2.29. The van der Waals surface area contributed by atoms with Crippen molar-refractivity contribution in [2.75, 3.05) is 11.9 Å². The number of benzene rings is 1. The summed E-state index contributed by atoms with van der Waals surface area (Å²) in [5, 5.41) is 15.4. The van der Waals surface area contributed by atoms with E-state index in [-0.39, 0.29) is 5.91 Å². The zero-order valence-corrected chi connectivity index (χ0v) is 10.8. The Morgan fingerprint density at radius 2 is 2.39 bits per heavy atom. The smallest absolute Gasteiger partial charge is 0.244 e. The largest absolute Gasteiger partial charge is 0.323 e. The predicted molar refractivity (Wildman–Crippen MR) is 70.4 cm³/mol. The van der Waals surface area contributed by atoms with Crippen LogP contribution in [0.1, 0.15) is 25.3 Å². The summed E-state index contributed by atoms with van der Waals surface area (Å²) in [6.07, 6.45) is 1.77. The summed E-state index contributed by atoms with van der Waals surface area (Å²) in [6, 6.07) is 6.86. The number of nitrogens with one attached hydrogen (secondary N) is 2.